The van der Waals surface area contributed by atoms with Crippen molar-refractivity contribution >= 4 is 39.4 Å². The van der Waals surface area contributed by atoms with Gasteiger partial charge in [0, 0.05) is 52.4 Å². The average Bonchev–Trinajstić information content (AvgIpc) is 3.61. The van der Waals surface area contributed by atoms with Crippen LogP contribution in [-0.4, -0.2) is 35.9 Å². The Balaban J connectivity index is 1.55. The Morgan fingerprint density at radius 1 is 1.15 bits per heavy atom. The first-order valence-corrected chi connectivity index (χ1v) is 15.3. The number of benzene rings is 1. The minimum atomic E-state index is -1.06. The molecule has 2 unspecified atom stereocenters. The first-order valence-electron chi connectivity index (χ1n) is 12.7. The van der Waals surface area contributed by atoms with Crippen molar-refractivity contribution in [1.29, 1.82) is 0 Å². The van der Waals surface area contributed by atoms with Crippen LogP contribution in [-0.2, 0) is 21.3 Å². The van der Waals surface area contributed by atoms with Crippen LogP contribution in [0.3, 0.4) is 0 Å². The lowest BCUT2D eigenvalue weighted by Crippen LogP contribution is -2.38. The molecule has 0 aliphatic carbocycles. The zero-order chi connectivity index (χ0) is 28.1. The Hall–Kier alpha value is -3.77. The number of fused-ring (bicyclic) bond motifs is 1. The van der Waals surface area contributed by atoms with Gasteiger partial charge in [0.05, 0.1) is 28.9 Å². The Labute approximate surface area is 235 Å². The Bertz CT molecular complexity index is 1770. The van der Waals surface area contributed by atoms with Crippen LogP contribution in [0, 0.1) is 25.5 Å². The topological polar surface area (TPSA) is 93.6 Å². The fourth-order valence-corrected chi connectivity index (χ4v) is 6.87. The second kappa shape index (κ2) is 10.3. The molecule has 1 amide bonds. The number of hydrogen-bond donors (Lipinski definition) is 0. The van der Waals surface area contributed by atoms with E-state index in [1.165, 1.54) is 22.3 Å². The molecule has 40 heavy (non-hydrogen) atoms. The van der Waals surface area contributed by atoms with Gasteiger partial charge in [0.1, 0.15) is 22.1 Å². The molecule has 206 valence electrons. The molecule has 1 aliphatic heterocycles. The summed E-state index contributed by atoms with van der Waals surface area (Å²) in [6.07, 6.45) is 5.02. The molecular formula is C28H25F2N5O3S2. The number of thiazole rings is 1. The van der Waals surface area contributed by atoms with Crippen LogP contribution >= 0.6 is 11.3 Å². The van der Waals surface area contributed by atoms with Crippen molar-refractivity contribution < 1.29 is 22.3 Å². The predicted molar refractivity (Wildman–Crippen MR) is 149 cm³/mol. The summed E-state index contributed by atoms with van der Waals surface area (Å²) in [5, 5.41) is 6.61. The van der Waals surface area contributed by atoms with Crippen molar-refractivity contribution in [3.63, 3.8) is 0 Å². The van der Waals surface area contributed by atoms with Gasteiger partial charge in [-0.3, -0.25) is 13.4 Å². The number of piperidine rings is 1. The molecule has 1 saturated heterocycles. The second-order valence-electron chi connectivity index (χ2n) is 9.82. The van der Waals surface area contributed by atoms with E-state index in [-0.39, 0.29) is 18.0 Å². The largest absolute Gasteiger partial charge is 0.361 e. The molecule has 0 bridgehead atoms. The third-order valence-electron chi connectivity index (χ3n) is 7.03. The van der Waals surface area contributed by atoms with Gasteiger partial charge in [-0.1, -0.05) is 5.16 Å². The molecular weight excluding hydrogens is 556 g/mol. The van der Waals surface area contributed by atoms with Gasteiger partial charge in [0.25, 0.3) is 0 Å². The highest BCUT2D eigenvalue weighted by Crippen LogP contribution is 2.42. The first kappa shape index (κ1) is 26.5. The van der Waals surface area contributed by atoms with E-state index in [1.54, 1.807) is 6.26 Å². The van der Waals surface area contributed by atoms with Crippen LogP contribution in [0.5, 0.6) is 0 Å². The fourth-order valence-electron chi connectivity index (χ4n) is 5.34. The van der Waals surface area contributed by atoms with E-state index in [1.807, 2.05) is 42.0 Å². The van der Waals surface area contributed by atoms with E-state index < -0.39 is 28.5 Å². The quantitative estimate of drug-likeness (QED) is 0.239. The Morgan fingerprint density at radius 2 is 1.98 bits per heavy atom. The minimum absolute atomic E-state index is 0.192. The van der Waals surface area contributed by atoms with Crippen LogP contribution in [0.25, 0.3) is 27.5 Å². The lowest BCUT2D eigenvalue weighted by Gasteiger charge is -2.35. The number of amides is 1. The molecule has 6 rings (SSSR count). The van der Waals surface area contributed by atoms with Crippen LogP contribution in [0.4, 0.5) is 14.5 Å². The number of aryl methyl sites for hydroxylation is 2. The molecule has 0 radical (unpaired) electrons. The number of carbonyl (C=O) groups is 1. The molecule has 8 nitrogen and oxygen atoms in total. The minimum Gasteiger partial charge on any atom is -0.361 e. The van der Waals surface area contributed by atoms with E-state index in [0.29, 0.717) is 52.1 Å². The lowest BCUT2D eigenvalue weighted by atomic mass is 9.96. The van der Waals surface area contributed by atoms with Gasteiger partial charge in [-0.05, 0) is 56.5 Å². The average molecular weight is 582 g/mol. The highest BCUT2D eigenvalue weighted by Gasteiger charge is 2.36. The van der Waals surface area contributed by atoms with E-state index in [4.69, 9.17) is 14.5 Å². The summed E-state index contributed by atoms with van der Waals surface area (Å²) in [4.78, 5) is 24.6. The molecule has 0 spiro atoms. The number of hydrogen-bond acceptors (Lipinski definition) is 7. The molecule has 0 N–H and O–H groups in total. The van der Waals surface area contributed by atoms with Gasteiger partial charge in [-0.25, -0.2) is 18.7 Å². The van der Waals surface area contributed by atoms with Crippen LogP contribution in [0.2, 0.25) is 0 Å². The van der Waals surface area contributed by atoms with Gasteiger partial charge in [-0.15, -0.1) is 11.3 Å². The normalized spacial score (nSPS) is 16.7. The number of anilines is 1. The van der Waals surface area contributed by atoms with Crippen molar-refractivity contribution in [2.45, 2.75) is 44.9 Å². The summed E-state index contributed by atoms with van der Waals surface area (Å²) in [7, 11) is -1.06. The molecule has 1 fully saturated rings. The number of nitrogens with zero attached hydrogens (tertiary/aromatic N) is 5. The lowest BCUT2D eigenvalue weighted by molar-refractivity contribution is -0.120. The van der Waals surface area contributed by atoms with E-state index >= 15 is 0 Å². The zero-order valence-electron chi connectivity index (χ0n) is 22.0. The van der Waals surface area contributed by atoms with E-state index in [9.17, 15) is 17.8 Å². The maximum atomic E-state index is 14.3. The summed E-state index contributed by atoms with van der Waals surface area (Å²) >= 11 is 1.41. The monoisotopic (exact) mass is 581 g/mol. The molecule has 5 heterocycles. The molecule has 4 aromatic heterocycles. The van der Waals surface area contributed by atoms with Crippen molar-refractivity contribution in [2.75, 3.05) is 11.2 Å². The van der Waals surface area contributed by atoms with Crippen LogP contribution < -0.4 is 4.90 Å². The van der Waals surface area contributed by atoms with Crippen LogP contribution in [0.1, 0.15) is 48.1 Å². The summed E-state index contributed by atoms with van der Waals surface area (Å²) in [5.74, 6) is -1.18. The van der Waals surface area contributed by atoms with E-state index in [2.05, 4.69) is 5.16 Å². The Morgan fingerprint density at radius 3 is 2.70 bits per heavy atom. The highest BCUT2D eigenvalue weighted by atomic mass is 32.2. The number of pyridine rings is 1. The standard InChI is InChI=1S/C28H25F2N5O3S2/c1-15-25(16(2)38-33-15)17-9-10-34-23(11-17)32-26(27(34)28-31-18(13-39-28)14-40(3)37)22-5-4-6-24(36)35(22)19-7-8-20(29)21(30)12-19/h7-13,22H,4-6,14H2,1-3H3. The van der Waals surface area contributed by atoms with Gasteiger partial charge < -0.3 is 9.42 Å². The van der Waals surface area contributed by atoms with Crippen LogP contribution in [0.15, 0.2) is 46.4 Å². The zero-order valence-corrected chi connectivity index (χ0v) is 23.6. The van der Waals surface area contributed by atoms with Gasteiger partial charge in [-0.2, -0.15) is 0 Å². The van der Waals surface area contributed by atoms with Crippen molar-refractivity contribution in [3.05, 3.63) is 76.4 Å². The maximum absolute atomic E-state index is 14.3. The number of rotatable bonds is 6. The molecule has 1 aliphatic rings. The third kappa shape index (κ3) is 4.64. The molecule has 1 aromatic carbocycles. The van der Waals surface area contributed by atoms with Crippen molar-refractivity contribution in [2.24, 2.45) is 0 Å². The predicted octanol–water partition coefficient (Wildman–Crippen LogP) is 6.14. The first-order chi connectivity index (χ1) is 19.2. The molecule has 12 heteroatoms. The second-order valence-corrected chi connectivity index (χ2v) is 12.1. The summed E-state index contributed by atoms with van der Waals surface area (Å²) in [5.41, 5.74) is 5.42. The molecule has 0 saturated carbocycles. The van der Waals surface area contributed by atoms with Crippen molar-refractivity contribution in [1.82, 2.24) is 19.5 Å². The van der Waals surface area contributed by atoms with Gasteiger partial charge in [0.15, 0.2) is 11.6 Å². The fraction of sp³-hybridized carbons (Fsp3) is 0.286. The smallest absolute Gasteiger partial charge is 0.227 e. The maximum Gasteiger partial charge on any atom is 0.227 e. The number of halogens is 2. The summed E-state index contributed by atoms with van der Waals surface area (Å²) < 4.78 is 47.2. The van der Waals surface area contributed by atoms with Gasteiger partial charge >= 0.3 is 0 Å². The highest BCUT2D eigenvalue weighted by molar-refractivity contribution is 7.83. The third-order valence-corrected chi connectivity index (χ3v) is 8.63. The van der Waals surface area contributed by atoms with Crippen molar-refractivity contribution in [3.8, 4) is 21.8 Å². The number of aromatic nitrogens is 4. The molecule has 5 aromatic rings. The van der Waals surface area contributed by atoms with Gasteiger partial charge in [0.2, 0.25) is 5.91 Å². The SMILES string of the molecule is Cc1noc(C)c1-c1ccn2c(-c3nc(CS(C)=O)cs3)c(C3CCCC(=O)N3c3ccc(F)c(F)c3)nc2c1. The molecule has 2 atom stereocenters. The summed E-state index contributed by atoms with van der Waals surface area (Å²) in [6, 6.07) is 6.84. The summed E-state index contributed by atoms with van der Waals surface area (Å²) in [6.45, 7) is 3.73. The number of imidazole rings is 1. The van der Waals surface area contributed by atoms with E-state index in [0.717, 1.165) is 29.0 Å². The Kier molecular flexibility index (Phi) is 6.83. The number of carbonyl (C=O) groups excluding carboxylic acids is 1.